The van der Waals surface area contributed by atoms with Crippen molar-refractivity contribution < 1.29 is 27.5 Å². The fraction of sp³-hybridized carbons (Fsp3) is 0.500. The van der Waals surface area contributed by atoms with Crippen molar-refractivity contribution in [2.75, 3.05) is 37.8 Å². The Labute approximate surface area is 147 Å². The van der Waals surface area contributed by atoms with Crippen LogP contribution in [0, 0.1) is 0 Å². The fourth-order valence-corrected chi connectivity index (χ4v) is 2.95. The minimum Gasteiger partial charge on any atom is -0.378 e. The van der Waals surface area contributed by atoms with Crippen LogP contribution < -0.4 is 5.32 Å². The molecule has 1 aliphatic rings. The maximum atomic E-state index is 12.5. The fourth-order valence-electron chi connectivity index (χ4n) is 2.20. The van der Waals surface area contributed by atoms with E-state index in [1.165, 1.54) is 23.9 Å². The first-order valence-electron chi connectivity index (χ1n) is 7.72. The van der Waals surface area contributed by atoms with Crippen LogP contribution in [-0.2, 0) is 27.0 Å². The predicted octanol–water partition coefficient (Wildman–Crippen LogP) is 1.91. The van der Waals surface area contributed by atoms with Gasteiger partial charge >= 0.3 is 6.18 Å². The quantitative estimate of drug-likeness (QED) is 0.824. The third kappa shape index (κ3) is 6.58. The van der Waals surface area contributed by atoms with E-state index >= 15 is 0 Å². The summed E-state index contributed by atoms with van der Waals surface area (Å²) < 4.78 is 42.6. The molecule has 25 heavy (non-hydrogen) atoms. The van der Waals surface area contributed by atoms with Crippen molar-refractivity contribution in [1.29, 1.82) is 0 Å². The molecule has 138 valence electrons. The summed E-state index contributed by atoms with van der Waals surface area (Å²) in [5, 5.41) is 2.62. The van der Waals surface area contributed by atoms with Gasteiger partial charge in [0.15, 0.2) is 0 Å². The molecule has 0 radical (unpaired) electrons. The molecule has 1 heterocycles. The Morgan fingerprint density at radius 1 is 1.12 bits per heavy atom. The molecule has 1 aromatic carbocycles. The van der Waals surface area contributed by atoms with E-state index in [4.69, 9.17) is 4.74 Å². The summed E-state index contributed by atoms with van der Waals surface area (Å²) in [4.78, 5) is 25.3. The van der Waals surface area contributed by atoms with Crippen LogP contribution >= 0.6 is 11.8 Å². The highest BCUT2D eigenvalue weighted by Gasteiger charge is 2.29. The minimum absolute atomic E-state index is 0.0242. The second-order valence-electron chi connectivity index (χ2n) is 5.46. The molecule has 0 aliphatic carbocycles. The average Bonchev–Trinajstić information content (AvgIpc) is 2.60. The van der Waals surface area contributed by atoms with Crippen molar-refractivity contribution in [3.63, 3.8) is 0 Å². The highest BCUT2D eigenvalue weighted by molar-refractivity contribution is 8.00. The van der Waals surface area contributed by atoms with Gasteiger partial charge in [-0.05, 0) is 17.7 Å². The second-order valence-corrected chi connectivity index (χ2v) is 6.44. The van der Waals surface area contributed by atoms with Gasteiger partial charge in [-0.25, -0.2) is 0 Å². The lowest BCUT2D eigenvalue weighted by Gasteiger charge is -2.26. The number of halogens is 3. The molecule has 0 spiro atoms. The topological polar surface area (TPSA) is 58.6 Å². The number of carbonyl (C=O) groups excluding carboxylic acids is 2. The lowest BCUT2D eigenvalue weighted by molar-refractivity contribution is -0.137. The van der Waals surface area contributed by atoms with Gasteiger partial charge in [-0.2, -0.15) is 13.2 Å². The summed E-state index contributed by atoms with van der Waals surface area (Å²) in [6.45, 7) is 2.35. The summed E-state index contributed by atoms with van der Waals surface area (Å²) in [7, 11) is 0. The molecular weight excluding hydrogens is 357 g/mol. The maximum absolute atomic E-state index is 12.5. The van der Waals surface area contributed by atoms with E-state index in [0.717, 1.165) is 12.1 Å². The van der Waals surface area contributed by atoms with E-state index < -0.39 is 11.7 Å². The number of alkyl halides is 3. The van der Waals surface area contributed by atoms with E-state index in [1.54, 1.807) is 4.90 Å². The summed E-state index contributed by atoms with van der Waals surface area (Å²) in [6.07, 6.45) is -4.37. The van der Waals surface area contributed by atoms with E-state index in [2.05, 4.69) is 5.32 Å². The Kier molecular flexibility index (Phi) is 7.12. The van der Waals surface area contributed by atoms with Gasteiger partial charge in [0.25, 0.3) is 0 Å². The van der Waals surface area contributed by atoms with Crippen molar-refractivity contribution in [2.24, 2.45) is 0 Å². The van der Waals surface area contributed by atoms with Gasteiger partial charge in [-0.15, -0.1) is 11.8 Å². The molecule has 1 saturated heterocycles. The lowest BCUT2D eigenvalue weighted by atomic mass is 10.1. The van der Waals surface area contributed by atoms with Crippen LogP contribution in [-0.4, -0.2) is 54.5 Å². The predicted molar refractivity (Wildman–Crippen MR) is 88.0 cm³/mol. The number of nitrogens with zero attached hydrogens (tertiary/aromatic N) is 1. The molecule has 1 aliphatic heterocycles. The normalized spacial score (nSPS) is 15.1. The lowest BCUT2D eigenvalue weighted by Crippen LogP contribution is -2.41. The highest BCUT2D eigenvalue weighted by atomic mass is 32.2. The number of carbonyl (C=O) groups is 2. The van der Waals surface area contributed by atoms with Crippen LogP contribution in [0.1, 0.15) is 11.1 Å². The first kappa shape index (κ1) is 19.6. The van der Waals surface area contributed by atoms with Gasteiger partial charge in [0.1, 0.15) is 0 Å². The van der Waals surface area contributed by atoms with Crippen LogP contribution in [0.5, 0.6) is 0 Å². The highest BCUT2D eigenvalue weighted by Crippen LogP contribution is 2.29. The van der Waals surface area contributed by atoms with Crippen molar-refractivity contribution in [1.82, 2.24) is 10.2 Å². The Morgan fingerprint density at radius 2 is 1.76 bits per heavy atom. The molecule has 1 N–H and O–H groups in total. The molecule has 0 bridgehead atoms. The number of morpholine rings is 1. The number of amides is 2. The molecule has 1 fully saturated rings. The van der Waals surface area contributed by atoms with E-state index in [9.17, 15) is 22.8 Å². The molecule has 2 amide bonds. The second kappa shape index (κ2) is 9.10. The van der Waals surface area contributed by atoms with Crippen molar-refractivity contribution >= 4 is 23.6 Å². The molecule has 0 unspecified atom stereocenters. The number of nitrogens with one attached hydrogen (secondary N) is 1. The SMILES string of the molecule is O=C(CSCC(=O)N1CCOCC1)NCc1ccc(C(F)(F)F)cc1. The van der Waals surface area contributed by atoms with Crippen molar-refractivity contribution in [3.05, 3.63) is 35.4 Å². The summed E-state index contributed by atoms with van der Waals surface area (Å²) in [5.41, 5.74) is -0.143. The standard InChI is InChI=1S/C16H19F3N2O3S/c17-16(18,19)13-3-1-12(2-4-13)9-20-14(22)10-25-11-15(23)21-5-7-24-8-6-21/h1-4H,5-11H2,(H,20,22). The van der Waals surface area contributed by atoms with Gasteiger partial charge in [0.2, 0.25) is 11.8 Å². The molecule has 5 nitrogen and oxygen atoms in total. The number of rotatable bonds is 6. The van der Waals surface area contributed by atoms with Gasteiger partial charge < -0.3 is 15.0 Å². The van der Waals surface area contributed by atoms with Gasteiger partial charge in [-0.1, -0.05) is 12.1 Å². The summed E-state index contributed by atoms with van der Waals surface area (Å²) >= 11 is 1.21. The minimum atomic E-state index is -4.37. The Morgan fingerprint density at radius 3 is 2.36 bits per heavy atom. The number of hydrogen-bond donors (Lipinski definition) is 1. The molecule has 0 aromatic heterocycles. The van der Waals surface area contributed by atoms with Gasteiger partial charge in [0.05, 0.1) is 30.3 Å². The maximum Gasteiger partial charge on any atom is 0.416 e. The van der Waals surface area contributed by atoms with Gasteiger partial charge in [-0.3, -0.25) is 9.59 Å². The number of benzene rings is 1. The Bertz CT molecular complexity index is 587. The molecule has 0 atom stereocenters. The van der Waals surface area contributed by atoms with Crippen LogP contribution in [0.3, 0.4) is 0 Å². The smallest absolute Gasteiger partial charge is 0.378 e. The first-order valence-corrected chi connectivity index (χ1v) is 8.88. The zero-order chi connectivity index (χ0) is 18.3. The number of hydrogen-bond acceptors (Lipinski definition) is 4. The number of ether oxygens (including phenoxy) is 1. The largest absolute Gasteiger partial charge is 0.416 e. The summed E-state index contributed by atoms with van der Waals surface area (Å²) in [6, 6.07) is 4.63. The molecule has 9 heteroatoms. The van der Waals surface area contributed by atoms with E-state index in [0.29, 0.717) is 31.9 Å². The Balaban J connectivity index is 1.66. The van der Waals surface area contributed by atoms with Crippen LogP contribution in [0.2, 0.25) is 0 Å². The average molecular weight is 376 g/mol. The van der Waals surface area contributed by atoms with Crippen molar-refractivity contribution in [3.8, 4) is 0 Å². The molecule has 0 saturated carbocycles. The zero-order valence-corrected chi connectivity index (χ0v) is 14.3. The Hall–Kier alpha value is -1.74. The molecular formula is C16H19F3N2O3S. The first-order chi connectivity index (χ1) is 11.9. The van der Waals surface area contributed by atoms with E-state index in [1.807, 2.05) is 0 Å². The molecule has 1 aromatic rings. The van der Waals surface area contributed by atoms with E-state index in [-0.39, 0.29) is 29.9 Å². The third-order valence-corrected chi connectivity index (χ3v) is 4.51. The monoisotopic (exact) mass is 376 g/mol. The summed E-state index contributed by atoms with van der Waals surface area (Å²) in [5.74, 6) is 0.0493. The zero-order valence-electron chi connectivity index (χ0n) is 13.5. The third-order valence-electron chi connectivity index (χ3n) is 3.59. The number of thioether (sulfide) groups is 1. The molecule has 2 rings (SSSR count). The van der Waals surface area contributed by atoms with Crippen LogP contribution in [0.4, 0.5) is 13.2 Å². The van der Waals surface area contributed by atoms with Gasteiger partial charge in [0, 0.05) is 19.6 Å². The van der Waals surface area contributed by atoms with Crippen molar-refractivity contribution in [2.45, 2.75) is 12.7 Å². The van der Waals surface area contributed by atoms with Crippen LogP contribution in [0.25, 0.3) is 0 Å². The van der Waals surface area contributed by atoms with Crippen LogP contribution in [0.15, 0.2) is 24.3 Å².